The third-order valence-electron chi connectivity index (χ3n) is 3.58. The van der Waals surface area contributed by atoms with Gasteiger partial charge in [0.05, 0.1) is 17.0 Å². The SMILES string of the molecule is O=C(CSc1nnc(NCc2ccccc2)s1)Nc1ccc(Cl)cc1C(F)(F)F. The van der Waals surface area contributed by atoms with E-state index in [0.717, 1.165) is 29.5 Å². The van der Waals surface area contributed by atoms with Gasteiger partial charge in [0, 0.05) is 11.6 Å². The zero-order valence-corrected chi connectivity index (χ0v) is 17.1. The van der Waals surface area contributed by atoms with Gasteiger partial charge in [-0.05, 0) is 23.8 Å². The van der Waals surface area contributed by atoms with E-state index in [1.165, 1.54) is 17.4 Å². The summed E-state index contributed by atoms with van der Waals surface area (Å²) in [5.74, 6) is -0.690. The van der Waals surface area contributed by atoms with Crippen molar-refractivity contribution in [2.24, 2.45) is 0 Å². The molecule has 11 heteroatoms. The minimum atomic E-state index is -4.63. The summed E-state index contributed by atoms with van der Waals surface area (Å²) in [6.45, 7) is 0.581. The van der Waals surface area contributed by atoms with E-state index in [1.807, 2.05) is 30.3 Å². The molecule has 0 spiro atoms. The number of halogens is 4. The number of hydrogen-bond acceptors (Lipinski definition) is 6. The number of nitrogens with zero attached hydrogens (tertiary/aromatic N) is 2. The average Bonchev–Trinajstić information content (AvgIpc) is 3.14. The van der Waals surface area contributed by atoms with Crippen molar-refractivity contribution in [3.05, 3.63) is 64.7 Å². The van der Waals surface area contributed by atoms with Gasteiger partial charge >= 0.3 is 6.18 Å². The molecular weight excluding hydrogens is 445 g/mol. The average molecular weight is 459 g/mol. The van der Waals surface area contributed by atoms with Gasteiger partial charge in [-0.1, -0.05) is 65.0 Å². The Morgan fingerprint density at radius 1 is 1.14 bits per heavy atom. The molecule has 0 atom stereocenters. The molecule has 1 heterocycles. The van der Waals surface area contributed by atoms with Crippen molar-refractivity contribution in [2.75, 3.05) is 16.4 Å². The molecule has 1 aromatic heterocycles. The molecule has 0 saturated heterocycles. The summed E-state index contributed by atoms with van der Waals surface area (Å²) in [6.07, 6.45) is -4.63. The van der Waals surface area contributed by atoms with Crippen molar-refractivity contribution in [3.8, 4) is 0 Å². The first-order chi connectivity index (χ1) is 13.8. The highest BCUT2D eigenvalue weighted by Crippen LogP contribution is 2.36. The predicted molar refractivity (Wildman–Crippen MR) is 109 cm³/mol. The second-order valence-electron chi connectivity index (χ2n) is 5.74. The van der Waals surface area contributed by atoms with Gasteiger partial charge in [-0.25, -0.2) is 0 Å². The van der Waals surface area contributed by atoms with Crippen molar-refractivity contribution in [3.63, 3.8) is 0 Å². The number of nitrogens with one attached hydrogen (secondary N) is 2. The largest absolute Gasteiger partial charge is 0.418 e. The third kappa shape index (κ3) is 6.34. The normalized spacial score (nSPS) is 11.3. The fourth-order valence-corrected chi connectivity index (χ4v) is 4.01. The molecule has 0 aliphatic rings. The highest BCUT2D eigenvalue weighted by molar-refractivity contribution is 8.01. The van der Waals surface area contributed by atoms with Crippen molar-refractivity contribution in [2.45, 2.75) is 17.1 Å². The van der Waals surface area contributed by atoms with E-state index in [4.69, 9.17) is 11.6 Å². The van der Waals surface area contributed by atoms with Gasteiger partial charge in [0.1, 0.15) is 0 Å². The summed E-state index contributed by atoms with van der Waals surface area (Å²) >= 11 is 7.99. The number of aromatic nitrogens is 2. The number of carbonyl (C=O) groups excluding carboxylic acids is 1. The molecule has 2 N–H and O–H groups in total. The fraction of sp³-hybridized carbons (Fsp3) is 0.167. The number of amides is 1. The van der Waals surface area contributed by atoms with Crippen LogP contribution in [0.25, 0.3) is 0 Å². The van der Waals surface area contributed by atoms with Crippen LogP contribution in [0.4, 0.5) is 24.0 Å². The van der Waals surface area contributed by atoms with E-state index in [0.29, 0.717) is 16.0 Å². The number of benzene rings is 2. The Hall–Kier alpha value is -2.30. The lowest BCUT2D eigenvalue weighted by atomic mass is 10.1. The molecule has 0 radical (unpaired) electrons. The van der Waals surface area contributed by atoms with Gasteiger partial charge in [-0.15, -0.1) is 10.2 Å². The predicted octanol–water partition coefficient (Wildman–Crippen LogP) is 5.55. The minimum absolute atomic E-state index is 0.0610. The first-order valence-electron chi connectivity index (χ1n) is 8.22. The van der Waals surface area contributed by atoms with Crippen LogP contribution in [0.5, 0.6) is 0 Å². The maximum absolute atomic E-state index is 13.1. The van der Waals surface area contributed by atoms with E-state index in [-0.39, 0.29) is 16.5 Å². The second-order valence-corrected chi connectivity index (χ2v) is 8.37. The summed E-state index contributed by atoms with van der Waals surface area (Å²) in [7, 11) is 0. The van der Waals surface area contributed by atoms with Gasteiger partial charge in [0.2, 0.25) is 11.0 Å². The molecule has 0 fully saturated rings. The van der Waals surface area contributed by atoms with E-state index < -0.39 is 17.6 Å². The Morgan fingerprint density at radius 3 is 2.62 bits per heavy atom. The summed E-state index contributed by atoms with van der Waals surface area (Å²) < 4.78 is 39.8. The monoisotopic (exact) mass is 458 g/mol. The molecule has 0 bridgehead atoms. The Bertz CT molecular complexity index is 983. The zero-order chi connectivity index (χ0) is 20.9. The Kier molecular flexibility index (Phi) is 6.99. The van der Waals surface area contributed by atoms with Crippen LogP contribution in [0.1, 0.15) is 11.1 Å². The van der Waals surface area contributed by atoms with E-state index in [2.05, 4.69) is 20.8 Å². The van der Waals surface area contributed by atoms with Crippen LogP contribution in [-0.2, 0) is 17.5 Å². The number of hydrogen-bond donors (Lipinski definition) is 2. The Morgan fingerprint density at radius 2 is 1.90 bits per heavy atom. The summed E-state index contributed by atoms with van der Waals surface area (Å²) in [6, 6.07) is 12.9. The van der Waals surface area contributed by atoms with Crippen molar-refractivity contribution in [1.29, 1.82) is 0 Å². The van der Waals surface area contributed by atoms with Gasteiger partial charge < -0.3 is 10.6 Å². The number of anilines is 2. The smallest absolute Gasteiger partial charge is 0.356 e. The van der Waals surface area contributed by atoms with Crippen LogP contribution in [-0.4, -0.2) is 21.9 Å². The van der Waals surface area contributed by atoms with Crippen LogP contribution in [0.3, 0.4) is 0 Å². The Labute approximate surface area is 177 Å². The summed E-state index contributed by atoms with van der Waals surface area (Å²) in [5.41, 5.74) is -0.249. The lowest BCUT2D eigenvalue weighted by molar-refractivity contribution is -0.137. The Balaban J connectivity index is 1.53. The molecule has 152 valence electrons. The van der Waals surface area contributed by atoms with Gasteiger partial charge in [0.25, 0.3) is 0 Å². The minimum Gasteiger partial charge on any atom is -0.356 e. The highest BCUT2D eigenvalue weighted by atomic mass is 35.5. The molecule has 3 aromatic rings. The molecule has 0 aliphatic heterocycles. The molecular formula is C18H14ClF3N4OS2. The van der Waals surface area contributed by atoms with E-state index in [9.17, 15) is 18.0 Å². The van der Waals surface area contributed by atoms with Crippen LogP contribution in [0.2, 0.25) is 5.02 Å². The van der Waals surface area contributed by atoms with E-state index in [1.54, 1.807) is 0 Å². The van der Waals surface area contributed by atoms with Crippen molar-refractivity contribution >= 4 is 51.4 Å². The highest BCUT2D eigenvalue weighted by Gasteiger charge is 2.34. The van der Waals surface area contributed by atoms with Crippen molar-refractivity contribution in [1.82, 2.24) is 10.2 Å². The van der Waals surface area contributed by atoms with Crippen LogP contribution in [0.15, 0.2) is 52.9 Å². The molecule has 3 rings (SSSR count). The maximum atomic E-state index is 13.1. The van der Waals surface area contributed by atoms with Crippen molar-refractivity contribution < 1.29 is 18.0 Å². The number of rotatable bonds is 7. The standard InChI is InChI=1S/C18H14ClF3N4OS2/c19-12-6-7-14(13(8-12)18(20,21)22)24-15(27)10-28-17-26-25-16(29-17)23-9-11-4-2-1-3-5-11/h1-8H,9-10H2,(H,23,25)(H,24,27). The number of carbonyl (C=O) groups is 1. The molecule has 5 nitrogen and oxygen atoms in total. The van der Waals surface area contributed by atoms with Gasteiger partial charge in [0.15, 0.2) is 4.34 Å². The van der Waals surface area contributed by atoms with Gasteiger partial charge in [-0.2, -0.15) is 13.2 Å². The lowest BCUT2D eigenvalue weighted by Gasteiger charge is -2.13. The lowest BCUT2D eigenvalue weighted by Crippen LogP contribution is -2.18. The summed E-state index contributed by atoms with van der Waals surface area (Å²) in [4.78, 5) is 12.1. The van der Waals surface area contributed by atoms with Crippen LogP contribution >= 0.6 is 34.7 Å². The molecule has 2 aromatic carbocycles. The molecule has 1 amide bonds. The first kappa shape index (κ1) is 21.4. The quantitative estimate of drug-likeness (QED) is 0.454. The molecule has 0 saturated carbocycles. The van der Waals surface area contributed by atoms with Gasteiger partial charge in [-0.3, -0.25) is 4.79 Å². The zero-order valence-electron chi connectivity index (χ0n) is 14.7. The molecule has 29 heavy (non-hydrogen) atoms. The van der Waals surface area contributed by atoms with Crippen LogP contribution in [0, 0.1) is 0 Å². The first-order valence-corrected chi connectivity index (χ1v) is 10.4. The molecule has 0 aliphatic carbocycles. The molecule has 0 unspecified atom stereocenters. The topological polar surface area (TPSA) is 66.9 Å². The fourth-order valence-electron chi connectivity index (χ4n) is 2.29. The van der Waals surface area contributed by atoms with Crippen LogP contribution < -0.4 is 10.6 Å². The third-order valence-corrected chi connectivity index (χ3v) is 5.83. The number of alkyl halides is 3. The summed E-state index contributed by atoms with van der Waals surface area (Å²) in [5, 5.41) is 13.9. The maximum Gasteiger partial charge on any atom is 0.418 e. The van der Waals surface area contributed by atoms with E-state index >= 15 is 0 Å². The second kappa shape index (κ2) is 9.47. The number of thioether (sulfide) groups is 1.